The van der Waals surface area contributed by atoms with Crippen molar-refractivity contribution in [3.8, 4) is 0 Å². The monoisotopic (exact) mass is 761 g/mol. The van der Waals surface area contributed by atoms with Crippen molar-refractivity contribution >= 4 is 22.8 Å². The van der Waals surface area contributed by atoms with E-state index in [9.17, 15) is 19.8 Å². The first-order chi connectivity index (χ1) is 27.8. The number of carbonyl (C=O) groups excluding carboxylic acids is 2. The highest BCUT2D eigenvalue weighted by molar-refractivity contribution is 6.05. The number of hydrogen-bond donors (Lipinski definition) is 3. The molecule has 57 heavy (non-hydrogen) atoms. The summed E-state index contributed by atoms with van der Waals surface area (Å²) >= 11 is 0. The number of para-hydroxylation sites is 1. The molecule has 8 rings (SSSR count). The molecule has 2 aromatic heterocycles. The predicted octanol–water partition coefficient (Wildman–Crippen LogP) is 8.22. The lowest BCUT2D eigenvalue weighted by Gasteiger charge is -2.37. The van der Waals surface area contributed by atoms with Gasteiger partial charge in [-0.05, 0) is 65.5 Å². The number of nitrogens with two attached hydrogens (primary N) is 1. The normalized spacial score (nSPS) is 16.5. The van der Waals surface area contributed by atoms with Crippen molar-refractivity contribution in [2.75, 3.05) is 6.54 Å². The van der Waals surface area contributed by atoms with Gasteiger partial charge in [0.25, 0.3) is 5.91 Å². The van der Waals surface area contributed by atoms with E-state index in [2.05, 4.69) is 41.0 Å². The highest BCUT2D eigenvalue weighted by Crippen LogP contribution is 2.43. The van der Waals surface area contributed by atoms with E-state index in [1.54, 1.807) is 0 Å². The van der Waals surface area contributed by atoms with Crippen molar-refractivity contribution in [3.63, 3.8) is 0 Å². The predicted molar refractivity (Wildman–Crippen MR) is 222 cm³/mol. The van der Waals surface area contributed by atoms with Crippen molar-refractivity contribution in [1.29, 1.82) is 0 Å². The fraction of sp³-hybridized carbons (Fsp3) is 0.333. The number of imide groups is 1. The first kappa shape index (κ1) is 38.2. The number of amides is 3. The molecule has 0 saturated heterocycles. The first-order valence-electron chi connectivity index (χ1n) is 20.4. The Kier molecular flexibility index (Phi) is 11.3. The van der Waals surface area contributed by atoms with Crippen LogP contribution in [0.4, 0.5) is 4.79 Å². The topological polar surface area (TPSA) is 135 Å². The molecule has 2 fully saturated rings. The smallest absolute Gasteiger partial charge is 0.321 e. The summed E-state index contributed by atoms with van der Waals surface area (Å²) in [7, 11) is 0. The van der Waals surface area contributed by atoms with Gasteiger partial charge in [0.15, 0.2) is 0 Å². The van der Waals surface area contributed by atoms with Crippen LogP contribution >= 0.6 is 0 Å². The molecule has 2 saturated carbocycles. The summed E-state index contributed by atoms with van der Waals surface area (Å²) < 4.78 is 2.10. The molecule has 6 aromatic rings. The van der Waals surface area contributed by atoms with E-state index in [4.69, 9.17) is 15.7 Å². The maximum absolute atomic E-state index is 14.7. The number of fused-ring (bicyclic) bond motifs is 1. The van der Waals surface area contributed by atoms with Crippen molar-refractivity contribution < 1.29 is 19.8 Å². The van der Waals surface area contributed by atoms with E-state index < -0.39 is 35.6 Å². The molecule has 0 unspecified atom stereocenters. The largest absolute Gasteiger partial charge is 0.390 e. The molecule has 0 bridgehead atoms. The zero-order chi connectivity index (χ0) is 39.4. The zero-order valence-corrected chi connectivity index (χ0v) is 32.2. The third-order valence-electron chi connectivity index (χ3n) is 12.2. The SMILES string of the molecule is NC(=O)N(CCc1cn(C(c2ccccc2)(c2ccccc2)c2ccccc2)cn1)C(=O)c1nc2ccccc2cc1[C@H](CC1CCCCC1)[C@@H](O)[C@@H](O)C1CC1. The highest BCUT2D eigenvalue weighted by Gasteiger charge is 2.42. The molecule has 9 heteroatoms. The maximum Gasteiger partial charge on any atom is 0.321 e. The summed E-state index contributed by atoms with van der Waals surface area (Å²) in [6, 6.07) is 39.5. The van der Waals surface area contributed by atoms with E-state index >= 15 is 0 Å². The van der Waals surface area contributed by atoms with Gasteiger partial charge in [-0.2, -0.15) is 0 Å². The number of carbonyl (C=O) groups is 2. The average molecular weight is 762 g/mol. The second-order valence-electron chi connectivity index (χ2n) is 15.9. The minimum absolute atomic E-state index is 0.0331. The molecule has 9 nitrogen and oxygen atoms in total. The van der Waals surface area contributed by atoms with Gasteiger partial charge in [0, 0.05) is 30.5 Å². The van der Waals surface area contributed by atoms with Gasteiger partial charge in [0.1, 0.15) is 11.2 Å². The van der Waals surface area contributed by atoms with Crippen LogP contribution in [0.2, 0.25) is 0 Å². The lowest BCUT2D eigenvalue weighted by Crippen LogP contribution is -2.43. The molecule has 2 aliphatic rings. The number of hydrogen-bond acceptors (Lipinski definition) is 6. The summed E-state index contributed by atoms with van der Waals surface area (Å²) in [6.45, 7) is -0.0331. The van der Waals surface area contributed by atoms with Gasteiger partial charge >= 0.3 is 6.03 Å². The third kappa shape index (κ3) is 7.87. The second-order valence-corrected chi connectivity index (χ2v) is 15.9. The molecule has 0 radical (unpaired) electrons. The molecule has 4 N–H and O–H groups in total. The Labute approximate surface area is 334 Å². The molecule has 292 valence electrons. The Morgan fingerprint density at radius 2 is 1.37 bits per heavy atom. The molecular formula is C48H51N5O4. The van der Waals surface area contributed by atoms with Crippen molar-refractivity contribution in [2.24, 2.45) is 17.6 Å². The van der Waals surface area contributed by atoms with Gasteiger partial charge in [-0.25, -0.2) is 14.8 Å². The number of aromatic nitrogens is 3. The van der Waals surface area contributed by atoms with Crippen LogP contribution in [-0.4, -0.2) is 60.3 Å². The van der Waals surface area contributed by atoms with Crippen molar-refractivity contribution in [3.05, 3.63) is 167 Å². The molecule has 3 amide bonds. The molecule has 4 aromatic carbocycles. The number of nitrogens with zero attached hydrogens (tertiary/aromatic N) is 4. The summed E-state index contributed by atoms with van der Waals surface area (Å²) in [5, 5.41) is 24.0. The summed E-state index contributed by atoms with van der Waals surface area (Å²) in [6.07, 6.45) is 9.88. The van der Waals surface area contributed by atoms with Crippen molar-refractivity contribution in [2.45, 2.75) is 81.5 Å². The van der Waals surface area contributed by atoms with E-state index in [0.29, 0.717) is 29.1 Å². The third-order valence-corrected chi connectivity index (χ3v) is 12.2. The minimum atomic E-state index is -1.08. The van der Waals surface area contributed by atoms with Crippen LogP contribution in [-0.2, 0) is 12.0 Å². The van der Waals surface area contributed by atoms with Gasteiger partial charge < -0.3 is 20.5 Å². The Hall–Kier alpha value is -5.64. The van der Waals surface area contributed by atoms with Crippen molar-refractivity contribution in [1.82, 2.24) is 19.4 Å². The number of aliphatic hydroxyl groups excluding tert-OH is 2. The zero-order valence-electron chi connectivity index (χ0n) is 32.2. The fourth-order valence-corrected chi connectivity index (χ4v) is 9.10. The Morgan fingerprint density at radius 1 is 0.789 bits per heavy atom. The first-order valence-corrected chi connectivity index (χ1v) is 20.4. The van der Waals surface area contributed by atoms with Crippen LogP contribution in [0.15, 0.2) is 134 Å². The molecule has 0 spiro atoms. The minimum Gasteiger partial charge on any atom is -0.390 e. The molecular weight excluding hydrogens is 711 g/mol. The van der Waals surface area contributed by atoms with Crippen LogP contribution in [0.5, 0.6) is 0 Å². The van der Waals surface area contributed by atoms with E-state index in [-0.39, 0.29) is 24.6 Å². The van der Waals surface area contributed by atoms with E-state index in [1.165, 1.54) is 6.42 Å². The van der Waals surface area contributed by atoms with Crippen LogP contribution < -0.4 is 5.73 Å². The van der Waals surface area contributed by atoms with Crippen LogP contribution in [0.25, 0.3) is 10.9 Å². The second kappa shape index (κ2) is 16.8. The summed E-state index contributed by atoms with van der Waals surface area (Å²) in [5.74, 6) is -0.798. The van der Waals surface area contributed by atoms with Crippen LogP contribution in [0.1, 0.15) is 95.7 Å². The number of pyridine rings is 1. The number of primary amides is 1. The van der Waals surface area contributed by atoms with Gasteiger partial charge in [-0.3, -0.25) is 9.69 Å². The van der Waals surface area contributed by atoms with Gasteiger partial charge in [0.05, 0.1) is 29.7 Å². The molecule has 3 atom stereocenters. The van der Waals surface area contributed by atoms with Crippen LogP contribution in [0.3, 0.4) is 0 Å². The van der Waals surface area contributed by atoms with E-state index in [0.717, 1.165) is 65.5 Å². The summed E-state index contributed by atoms with van der Waals surface area (Å²) in [5.41, 5.74) is 10.3. The Bertz CT molecular complexity index is 2190. The quantitative estimate of drug-likeness (QED) is 0.0959. The lowest BCUT2D eigenvalue weighted by atomic mass is 9.76. The number of benzene rings is 4. The fourth-order valence-electron chi connectivity index (χ4n) is 9.10. The van der Waals surface area contributed by atoms with Gasteiger partial charge in [-0.1, -0.05) is 141 Å². The van der Waals surface area contributed by atoms with Crippen LogP contribution in [0, 0.1) is 11.8 Å². The molecule has 2 heterocycles. The van der Waals surface area contributed by atoms with Gasteiger partial charge in [-0.15, -0.1) is 0 Å². The molecule has 0 aliphatic heterocycles. The Balaban J connectivity index is 1.14. The maximum atomic E-state index is 14.7. The number of imidazole rings is 1. The number of rotatable bonds is 14. The lowest BCUT2D eigenvalue weighted by molar-refractivity contribution is -0.0154. The number of aliphatic hydroxyl groups is 2. The van der Waals surface area contributed by atoms with Gasteiger partial charge in [0.2, 0.25) is 0 Å². The average Bonchev–Trinajstić information content (AvgIpc) is 4.01. The van der Waals surface area contributed by atoms with E-state index in [1.807, 2.05) is 97.5 Å². The Morgan fingerprint density at radius 3 is 1.95 bits per heavy atom. The highest BCUT2D eigenvalue weighted by atomic mass is 16.3. The number of urea groups is 1. The standard InChI is InChI=1S/C48H51N5O4/c49-47(57)53(28-27-39-31-52(32-50-39)48(36-18-7-2-8-19-36,37-20-9-3-10-21-37)38-22-11-4-12-23-38)46(56)43-40(30-35-17-13-14-24-42(35)51-43)41(29-33-15-5-1-6-16-33)45(55)44(54)34-25-26-34/h2-4,7-14,17-24,30-34,41,44-45,54-55H,1,5-6,15-16,25-29H2,(H2,49,57)/t41-,44-,45+/m0/s1. The molecule has 2 aliphatic carbocycles. The summed E-state index contributed by atoms with van der Waals surface area (Å²) in [4.78, 5) is 38.7.